The van der Waals surface area contributed by atoms with Gasteiger partial charge in [0.05, 0.1) is 7.11 Å². The number of hydroxylamine groups is 1. The van der Waals surface area contributed by atoms with Crippen LogP contribution in [0.4, 0.5) is 4.79 Å². The summed E-state index contributed by atoms with van der Waals surface area (Å²) >= 11 is 0. The number of hydrogen-bond donors (Lipinski definition) is 2. The number of nitrogens with one attached hydrogen (secondary N) is 1. The summed E-state index contributed by atoms with van der Waals surface area (Å²) in [4.78, 5) is 30.2. The summed E-state index contributed by atoms with van der Waals surface area (Å²) in [5.41, 5.74) is 4.76. The van der Waals surface area contributed by atoms with Crippen molar-refractivity contribution in [3.8, 4) is 5.75 Å². The zero-order valence-corrected chi connectivity index (χ0v) is 17.3. The number of amides is 3. The van der Waals surface area contributed by atoms with Gasteiger partial charge in [0.2, 0.25) is 0 Å². The minimum absolute atomic E-state index is 0.247. The molecule has 3 amide bonds. The molecule has 1 aromatic carbocycles. The molecule has 1 aliphatic rings. The van der Waals surface area contributed by atoms with E-state index in [1.54, 1.807) is 0 Å². The summed E-state index contributed by atoms with van der Waals surface area (Å²) in [5.74, 6) is -0.0248. The molecule has 1 aliphatic heterocycles. The highest BCUT2D eigenvalue weighted by atomic mass is 16.6. The fraction of sp³-hybridized carbons (Fsp3) is 0.524. The lowest BCUT2D eigenvalue weighted by atomic mass is 9.78. The molecular formula is C21H30N2O4. The average Bonchev–Trinajstić information content (AvgIpc) is 2.88. The predicted octanol–water partition coefficient (Wildman–Crippen LogP) is 3.87. The highest BCUT2D eigenvalue weighted by molar-refractivity contribution is 6.08. The molecule has 0 bridgehead atoms. The van der Waals surface area contributed by atoms with Crippen LogP contribution in [0.1, 0.15) is 64.7 Å². The van der Waals surface area contributed by atoms with Crippen LogP contribution in [0.25, 0.3) is 6.08 Å². The molecule has 0 unspecified atom stereocenters. The Bertz CT molecular complexity index is 747. The van der Waals surface area contributed by atoms with Gasteiger partial charge in [0.15, 0.2) is 0 Å². The Labute approximate surface area is 161 Å². The minimum Gasteiger partial charge on any atom is -0.507 e. The molecule has 0 saturated carbocycles. The van der Waals surface area contributed by atoms with E-state index in [2.05, 4.69) is 10.3 Å². The van der Waals surface area contributed by atoms with Gasteiger partial charge in [-0.25, -0.2) is 10.3 Å². The molecule has 0 atom stereocenters. The van der Waals surface area contributed by atoms with E-state index in [4.69, 9.17) is 0 Å². The zero-order chi connectivity index (χ0) is 20.6. The second kappa shape index (κ2) is 7.35. The van der Waals surface area contributed by atoms with Gasteiger partial charge < -0.3 is 5.11 Å². The number of phenolic OH excluding ortho intramolecular Hbond substituents is 1. The number of imide groups is 1. The Morgan fingerprint density at radius 1 is 1.15 bits per heavy atom. The second-order valence-electron chi connectivity index (χ2n) is 8.95. The molecule has 0 aliphatic carbocycles. The molecule has 1 fully saturated rings. The molecule has 0 radical (unpaired) electrons. The van der Waals surface area contributed by atoms with E-state index in [1.807, 2.05) is 59.8 Å². The zero-order valence-electron chi connectivity index (χ0n) is 17.3. The quantitative estimate of drug-likeness (QED) is 0.608. The molecule has 0 spiro atoms. The van der Waals surface area contributed by atoms with Crippen LogP contribution in [0.3, 0.4) is 0 Å². The molecule has 1 aromatic rings. The van der Waals surface area contributed by atoms with Gasteiger partial charge in [-0.2, -0.15) is 0 Å². The molecule has 27 heavy (non-hydrogen) atoms. The summed E-state index contributed by atoms with van der Waals surface area (Å²) in [6.45, 7) is 12.6. The first kappa shape index (κ1) is 21.0. The maximum Gasteiger partial charge on any atom is 0.348 e. The van der Waals surface area contributed by atoms with Crippen LogP contribution < -0.4 is 5.48 Å². The standard InChI is InChI=1S/C21H30N2O4/c1-20(2,3)15-11-13(12-16(17(15)24)21(4,5)6)10-14-8-9-23(18(14)25)19(26)22-27-7/h10-12,24H,8-9H2,1-7H3,(H,22,26). The van der Waals surface area contributed by atoms with Gasteiger partial charge in [-0.1, -0.05) is 41.5 Å². The van der Waals surface area contributed by atoms with E-state index in [0.29, 0.717) is 24.3 Å². The first-order valence-electron chi connectivity index (χ1n) is 9.09. The van der Waals surface area contributed by atoms with E-state index >= 15 is 0 Å². The van der Waals surface area contributed by atoms with Crippen LogP contribution in [-0.2, 0) is 20.5 Å². The summed E-state index contributed by atoms with van der Waals surface area (Å²) in [5, 5.41) is 10.8. The van der Waals surface area contributed by atoms with E-state index in [-0.39, 0.29) is 16.7 Å². The van der Waals surface area contributed by atoms with Gasteiger partial charge in [-0.3, -0.25) is 14.5 Å². The third-order valence-electron chi connectivity index (χ3n) is 4.65. The number of phenols is 1. The number of hydrogen-bond acceptors (Lipinski definition) is 4. The molecule has 0 aromatic heterocycles. The minimum atomic E-state index is -0.567. The lowest BCUT2D eigenvalue weighted by molar-refractivity contribution is -0.122. The molecule has 1 saturated heterocycles. The fourth-order valence-electron chi connectivity index (χ4n) is 3.17. The van der Waals surface area contributed by atoms with Gasteiger partial charge in [-0.05, 0) is 41.0 Å². The summed E-state index contributed by atoms with van der Waals surface area (Å²) in [7, 11) is 1.33. The van der Waals surface area contributed by atoms with E-state index in [0.717, 1.165) is 21.6 Å². The number of nitrogens with zero attached hydrogens (tertiary/aromatic N) is 1. The lowest BCUT2D eigenvalue weighted by Gasteiger charge is -2.28. The van der Waals surface area contributed by atoms with E-state index in [9.17, 15) is 14.7 Å². The van der Waals surface area contributed by atoms with Gasteiger partial charge in [0, 0.05) is 23.2 Å². The molecule has 2 N–H and O–H groups in total. The van der Waals surface area contributed by atoms with Crippen molar-refractivity contribution in [2.45, 2.75) is 58.8 Å². The largest absolute Gasteiger partial charge is 0.507 e. The van der Waals surface area contributed by atoms with Crippen molar-refractivity contribution >= 4 is 18.0 Å². The number of urea groups is 1. The highest BCUT2D eigenvalue weighted by Gasteiger charge is 2.32. The maximum absolute atomic E-state index is 12.5. The van der Waals surface area contributed by atoms with Crippen molar-refractivity contribution in [3.63, 3.8) is 0 Å². The van der Waals surface area contributed by atoms with Crippen molar-refractivity contribution in [2.24, 2.45) is 0 Å². The third kappa shape index (κ3) is 4.50. The molecule has 6 nitrogen and oxygen atoms in total. The molecule has 6 heteroatoms. The first-order valence-corrected chi connectivity index (χ1v) is 9.09. The van der Waals surface area contributed by atoms with Gasteiger partial charge in [0.1, 0.15) is 5.75 Å². The third-order valence-corrected chi connectivity index (χ3v) is 4.65. The van der Waals surface area contributed by atoms with Crippen molar-refractivity contribution in [2.75, 3.05) is 13.7 Å². The number of likely N-dealkylation sites (tertiary alicyclic amines) is 1. The Morgan fingerprint density at radius 3 is 2.11 bits per heavy atom. The number of benzene rings is 1. The Hall–Kier alpha value is -2.34. The topological polar surface area (TPSA) is 78.9 Å². The summed E-state index contributed by atoms with van der Waals surface area (Å²) in [6.07, 6.45) is 2.29. The molecular weight excluding hydrogens is 344 g/mol. The van der Waals surface area contributed by atoms with Crippen LogP contribution in [0, 0.1) is 0 Å². The Balaban J connectivity index is 2.49. The Morgan fingerprint density at radius 2 is 1.67 bits per heavy atom. The molecule has 1 heterocycles. The number of rotatable bonds is 2. The van der Waals surface area contributed by atoms with Crippen molar-refractivity contribution < 1.29 is 19.5 Å². The van der Waals surface area contributed by atoms with E-state index < -0.39 is 6.03 Å². The summed E-state index contributed by atoms with van der Waals surface area (Å²) < 4.78 is 0. The molecule has 2 rings (SSSR count). The van der Waals surface area contributed by atoms with Crippen molar-refractivity contribution in [1.82, 2.24) is 10.4 Å². The number of carbonyl (C=O) groups is 2. The van der Waals surface area contributed by atoms with Crippen molar-refractivity contribution in [3.05, 3.63) is 34.4 Å². The number of carbonyl (C=O) groups excluding carboxylic acids is 2. The average molecular weight is 374 g/mol. The monoisotopic (exact) mass is 374 g/mol. The van der Waals surface area contributed by atoms with Gasteiger partial charge in [-0.15, -0.1) is 0 Å². The highest BCUT2D eigenvalue weighted by Crippen LogP contribution is 2.40. The smallest absolute Gasteiger partial charge is 0.348 e. The predicted molar refractivity (Wildman–Crippen MR) is 105 cm³/mol. The first-order chi connectivity index (χ1) is 12.4. The number of aromatic hydroxyl groups is 1. The van der Waals surface area contributed by atoms with Crippen LogP contribution in [-0.4, -0.2) is 35.6 Å². The van der Waals surface area contributed by atoms with E-state index in [1.165, 1.54) is 7.11 Å². The van der Waals surface area contributed by atoms with Crippen LogP contribution in [0.5, 0.6) is 5.75 Å². The SMILES string of the molecule is CONC(=O)N1CCC(=Cc2cc(C(C)(C)C)c(O)c(C(C)(C)C)c2)C1=O. The van der Waals surface area contributed by atoms with Gasteiger partial charge in [0.25, 0.3) is 5.91 Å². The normalized spacial score (nSPS) is 16.9. The van der Waals surface area contributed by atoms with Crippen molar-refractivity contribution in [1.29, 1.82) is 0 Å². The fourth-order valence-corrected chi connectivity index (χ4v) is 3.17. The van der Waals surface area contributed by atoms with Gasteiger partial charge >= 0.3 is 6.03 Å². The van der Waals surface area contributed by atoms with Crippen LogP contribution in [0.15, 0.2) is 17.7 Å². The molecule has 148 valence electrons. The lowest BCUT2D eigenvalue weighted by Crippen LogP contribution is -2.40. The second-order valence-corrected chi connectivity index (χ2v) is 8.95. The maximum atomic E-state index is 12.5. The Kier molecular flexibility index (Phi) is 5.71. The van der Waals surface area contributed by atoms with Crippen LogP contribution in [0.2, 0.25) is 0 Å². The summed E-state index contributed by atoms with van der Waals surface area (Å²) in [6, 6.07) is 3.27. The van der Waals surface area contributed by atoms with Crippen LogP contribution >= 0.6 is 0 Å².